The lowest BCUT2D eigenvalue weighted by atomic mass is 10.1. The highest BCUT2D eigenvalue weighted by Gasteiger charge is 2.02. The predicted octanol–water partition coefficient (Wildman–Crippen LogP) is 2.73. The van der Waals surface area contributed by atoms with Crippen molar-refractivity contribution in [2.45, 2.75) is 40.1 Å². The Bertz CT molecular complexity index is 522. The van der Waals surface area contributed by atoms with E-state index in [9.17, 15) is 0 Å². The zero-order chi connectivity index (χ0) is 14.2. The van der Waals surface area contributed by atoms with Crippen LogP contribution < -0.4 is 5.32 Å². The van der Waals surface area contributed by atoms with Crippen molar-refractivity contribution in [3.63, 3.8) is 0 Å². The maximum absolute atomic E-state index is 5.50. The molecule has 0 radical (unpaired) electrons. The molecule has 0 unspecified atom stereocenters. The van der Waals surface area contributed by atoms with Crippen LogP contribution in [-0.4, -0.2) is 16.4 Å². The number of ether oxygens (including phenoxy) is 1. The van der Waals surface area contributed by atoms with Crippen molar-refractivity contribution in [2.75, 3.05) is 6.61 Å². The number of hydrogen-bond donors (Lipinski definition) is 1. The molecule has 0 spiro atoms. The van der Waals surface area contributed by atoms with Gasteiger partial charge in [0, 0.05) is 38.0 Å². The van der Waals surface area contributed by atoms with Gasteiger partial charge in [0.15, 0.2) is 0 Å². The first-order valence-electron chi connectivity index (χ1n) is 7.20. The van der Waals surface area contributed by atoms with Gasteiger partial charge in [-0.2, -0.15) is 5.10 Å². The second-order valence-corrected chi connectivity index (χ2v) is 4.71. The standard InChI is InChI=1S/C16H23N3O/c1-3-19-12-14(10-18-19)9-17-11-15-7-5-6-8-16(15)13-20-4-2/h5-8,10,12,17H,3-4,9,11,13H2,1-2H3. The number of aromatic nitrogens is 2. The number of nitrogens with zero attached hydrogens (tertiary/aromatic N) is 2. The number of aryl methyl sites for hydroxylation is 1. The first kappa shape index (κ1) is 14.8. The normalized spacial score (nSPS) is 10.9. The zero-order valence-electron chi connectivity index (χ0n) is 12.3. The van der Waals surface area contributed by atoms with Gasteiger partial charge in [0.05, 0.1) is 12.8 Å². The molecule has 2 aromatic rings. The third kappa shape index (κ3) is 4.18. The van der Waals surface area contributed by atoms with Gasteiger partial charge in [-0.25, -0.2) is 0 Å². The third-order valence-electron chi connectivity index (χ3n) is 3.24. The van der Waals surface area contributed by atoms with Gasteiger partial charge < -0.3 is 10.1 Å². The maximum atomic E-state index is 5.50. The quantitative estimate of drug-likeness (QED) is 0.804. The van der Waals surface area contributed by atoms with Crippen LogP contribution in [0.15, 0.2) is 36.7 Å². The van der Waals surface area contributed by atoms with Crippen molar-refractivity contribution >= 4 is 0 Å². The fourth-order valence-corrected chi connectivity index (χ4v) is 2.09. The molecule has 0 atom stereocenters. The van der Waals surface area contributed by atoms with E-state index in [2.05, 4.69) is 47.8 Å². The van der Waals surface area contributed by atoms with Gasteiger partial charge in [-0.05, 0) is 25.0 Å². The lowest BCUT2D eigenvalue weighted by Gasteiger charge is -2.10. The summed E-state index contributed by atoms with van der Waals surface area (Å²) >= 11 is 0. The first-order valence-corrected chi connectivity index (χ1v) is 7.20. The number of benzene rings is 1. The van der Waals surface area contributed by atoms with E-state index >= 15 is 0 Å². The van der Waals surface area contributed by atoms with E-state index in [1.54, 1.807) is 0 Å². The van der Waals surface area contributed by atoms with Gasteiger partial charge in [-0.3, -0.25) is 4.68 Å². The molecule has 0 aliphatic rings. The van der Waals surface area contributed by atoms with Crippen LogP contribution in [0.25, 0.3) is 0 Å². The number of hydrogen-bond acceptors (Lipinski definition) is 3. The Morgan fingerprint density at radius 2 is 1.95 bits per heavy atom. The van der Waals surface area contributed by atoms with Crippen LogP contribution in [0.2, 0.25) is 0 Å². The van der Waals surface area contributed by atoms with Crippen LogP contribution in [0.1, 0.15) is 30.5 Å². The van der Waals surface area contributed by atoms with Crippen molar-refractivity contribution in [1.29, 1.82) is 0 Å². The van der Waals surface area contributed by atoms with Gasteiger partial charge in [-0.15, -0.1) is 0 Å². The highest BCUT2D eigenvalue weighted by molar-refractivity contribution is 5.26. The molecule has 1 aromatic heterocycles. The second kappa shape index (κ2) is 7.82. The van der Waals surface area contributed by atoms with Crippen molar-refractivity contribution in [1.82, 2.24) is 15.1 Å². The molecule has 0 fully saturated rings. The summed E-state index contributed by atoms with van der Waals surface area (Å²) in [6.07, 6.45) is 4.00. The molecule has 0 aliphatic carbocycles. The van der Waals surface area contributed by atoms with Crippen LogP contribution >= 0.6 is 0 Å². The first-order chi connectivity index (χ1) is 9.83. The van der Waals surface area contributed by atoms with Gasteiger partial charge in [0.1, 0.15) is 0 Å². The minimum atomic E-state index is 0.683. The lowest BCUT2D eigenvalue weighted by Crippen LogP contribution is -2.14. The molecular formula is C16H23N3O. The van der Waals surface area contributed by atoms with Gasteiger partial charge >= 0.3 is 0 Å². The molecule has 1 heterocycles. The van der Waals surface area contributed by atoms with Crippen molar-refractivity contribution in [3.8, 4) is 0 Å². The van der Waals surface area contributed by atoms with Crippen molar-refractivity contribution < 1.29 is 4.74 Å². The van der Waals surface area contributed by atoms with Gasteiger partial charge in [0.25, 0.3) is 0 Å². The SMILES string of the molecule is CCOCc1ccccc1CNCc1cnn(CC)c1. The number of rotatable bonds is 8. The van der Waals surface area contributed by atoms with E-state index in [-0.39, 0.29) is 0 Å². The zero-order valence-corrected chi connectivity index (χ0v) is 12.3. The molecular weight excluding hydrogens is 250 g/mol. The molecule has 2 rings (SSSR count). The fourth-order valence-electron chi connectivity index (χ4n) is 2.09. The summed E-state index contributed by atoms with van der Waals surface area (Å²) in [5.41, 5.74) is 3.77. The van der Waals surface area contributed by atoms with Crippen LogP contribution in [0.3, 0.4) is 0 Å². The third-order valence-corrected chi connectivity index (χ3v) is 3.24. The molecule has 108 valence electrons. The second-order valence-electron chi connectivity index (χ2n) is 4.71. The highest BCUT2D eigenvalue weighted by Crippen LogP contribution is 2.10. The maximum Gasteiger partial charge on any atom is 0.0719 e. The van der Waals surface area contributed by atoms with Crippen LogP contribution in [0.4, 0.5) is 0 Å². The Morgan fingerprint density at radius 1 is 1.15 bits per heavy atom. The predicted molar refractivity (Wildman–Crippen MR) is 80.2 cm³/mol. The Kier molecular flexibility index (Phi) is 5.77. The van der Waals surface area contributed by atoms with E-state index < -0.39 is 0 Å². The summed E-state index contributed by atoms with van der Waals surface area (Å²) in [6.45, 7) is 8.14. The average molecular weight is 273 g/mol. The monoisotopic (exact) mass is 273 g/mol. The Hall–Kier alpha value is -1.65. The van der Waals surface area contributed by atoms with E-state index in [0.717, 1.165) is 26.2 Å². The average Bonchev–Trinajstić information content (AvgIpc) is 2.94. The van der Waals surface area contributed by atoms with Crippen LogP contribution in [0.5, 0.6) is 0 Å². The van der Waals surface area contributed by atoms with Gasteiger partial charge in [0.2, 0.25) is 0 Å². The minimum Gasteiger partial charge on any atom is -0.377 e. The summed E-state index contributed by atoms with van der Waals surface area (Å²) in [5.74, 6) is 0. The molecule has 4 nitrogen and oxygen atoms in total. The molecule has 0 aliphatic heterocycles. The van der Waals surface area contributed by atoms with Crippen LogP contribution in [0, 0.1) is 0 Å². The lowest BCUT2D eigenvalue weighted by molar-refractivity contribution is 0.133. The minimum absolute atomic E-state index is 0.683. The van der Waals surface area contributed by atoms with E-state index in [0.29, 0.717) is 6.61 Å². The largest absolute Gasteiger partial charge is 0.377 e. The van der Waals surface area contributed by atoms with E-state index in [4.69, 9.17) is 4.74 Å². The summed E-state index contributed by atoms with van der Waals surface area (Å²) in [6, 6.07) is 8.41. The van der Waals surface area contributed by atoms with Gasteiger partial charge in [-0.1, -0.05) is 24.3 Å². The topological polar surface area (TPSA) is 39.1 Å². The molecule has 1 aromatic carbocycles. The van der Waals surface area contributed by atoms with Crippen molar-refractivity contribution in [3.05, 3.63) is 53.3 Å². The molecule has 0 saturated carbocycles. The molecule has 20 heavy (non-hydrogen) atoms. The Morgan fingerprint density at radius 3 is 2.65 bits per heavy atom. The van der Waals surface area contributed by atoms with Crippen LogP contribution in [-0.2, 0) is 31.0 Å². The summed E-state index contributed by atoms with van der Waals surface area (Å²) in [7, 11) is 0. The van der Waals surface area contributed by atoms with E-state index in [1.165, 1.54) is 16.7 Å². The van der Waals surface area contributed by atoms with E-state index in [1.807, 2.05) is 17.8 Å². The number of nitrogens with one attached hydrogen (secondary N) is 1. The Balaban J connectivity index is 1.87. The molecule has 4 heteroatoms. The summed E-state index contributed by atoms with van der Waals surface area (Å²) in [4.78, 5) is 0. The summed E-state index contributed by atoms with van der Waals surface area (Å²) in [5, 5.41) is 7.74. The Labute approximate surface area is 120 Å². The molecule has 0 saturated heterocycles. The summed E-state index contributed by atoms with van der Waals surface area (Å²) < 4.78 is 7.45. The molecule has 1 N–H and O–H groups in total. The highest BCUT2D eigenvalue weighted by atomic mass is 16.5. The van der Waals surface area contributed by atoms with Crippen molar-refractivity contribution in [2.24, 2.45) is 0 Å². The molecule has 0 amide bonds. The smallest absolute Gasteiger partial charge is 0.0719 e. The molecule has 0 bridgehead atoms. The fraction of sp³-hybridized carbons (Fsp3) is 0.438.